The summed E-state index contributed by atoms with van der Waals surface area (Å²) in [5, 5.41) is 0. The molecule has 0 bridgehead atoms. The Hall–Kier alpha value is -0.150. The second kappa shape index (κ2) is 6.85. The van der Waals surface area contributed by atoms with Gasteiger partial charge >= 0.3 is 0 Å². The van der Waals surface area contributed by atoms with Crippen molar-refractivity contribution < 1.29 is 9.23 Å². The summed E-state index contributed by atoms with van der Waals surface area (Å²) in [6, 6.07) is 0. The minimum Gasteiger partial charge on any atom is -0.302 e. The van der Waals surface area contributed by atoms with Crippen LogP contribution in [0.5, 0.6) is 0 Å². The van der Waals surface area contributed by atoms with Crippen LogP contribution in [-0.2, 0) is 4.84 Å². The molecule has 50 valence electrons. The van der Waals surface area contributed by atoms with E-state index in [4.69, 9.17) is 4.84 Å². The lowest BCUT2D eigenvalue weighted by atomic mass is 10.5. The monoisotopic (exact) mass is 121 g/mol. The standard InChI is InChI=1S/C5H12FNO/c1-2-7-8-5-3-4-6/h7H,2-5H2,1H3. The van der Waals surface area contributed by atoms with Crippen molar-refractivity contribution in [3.05, 3.63) is 0 Å². The number of alkyl halides is 1. The predicted octanol–water partition coefficient (Wildman–Crippen LogP) is 0.887. The molecular weight excluding hydrogens is 109 g/mol. The highest BCUT2D eigenvalue weighted by atomic mass is 19.1. The van der Waals surface area contributed by atoms with Gasteiger partial charge < -0.3 is 4.84 Å². The number of hydroxylamine groups is 1. The third-order valence-corrected chi connectivity index (χ3v) is 0.626. The van der Waals surface area contributed by atoms with Crippen molar-refractivity contribution in [3.63, 3.8) is 0 Å². The van der Waals surface area contributed by atoms with Gasteiger partial charge in [0.2, 0.25) is 0 Å². The van der Waals surface area contributed by atoms with Crippen molar-refractivity contribution in [3.8, 4) is 0 Å². The molecule has 0 saturated carbocycles. The van der Waals surface area contributed by atoms with Gasteiger partial charge in [0.15, 0.2) is 0 Å². The zero-order chi connectivity index (χ0) is 6.24. The molecule has 0 aromatic carbocycles. The van der Waals surface area contributed by atoms with Crippen molar-refractivity contribution in [2.24, 2.45) is 0 Å². The van der Waals surface area contributed by atoms with Crippen LogP contribution in [0.15, 0.2) is 0 Å². The molecule has 0 heterocycles. The summed E-state index contributed by atoms with van der Waals surface area (Å²) in [6.07, 6.45) is 0.479. The Kier molecular flexibility index (Phi) is 6.72. The van der Waals surface area contributed by atoms with Crippen LogP contribution in [0.4, 0.5) is 4.39 Å². The number of hydrogen-bond acceptors (Lipinski definition) is 2. The molecule has 0 amide bonds. The number of hydrogen-bond donors (Lipinski definition) is 1. The van der Waals surface area contributed by atoms with E-state index in [0.717, 1.165) is 6.54 Å². The van der Waals surface area contributed by atoms with E-state index in [1.165, 1.54) is 0 Å². The first-order chi connectivity index (χ1) is 3.91. The lowest BCUT2D eigenvalue weighted by molar-refractivity contribution is 0.0403. The molecule has 0 fully saturated rings. The smallest absolute Gasteiger partial charge is 0.0917 e. The normalized spacial score (nSPS) is 9.75. The summed E-state index contributed by atoms with van der Waals surface area (Å²) in [6.45, 7) is 2.86. The van der Waals surface area contributed by atoms with Crippen LogP contribution in [0.3, 0.4) is 0 Å². The van der Waals surface area contributed by atoms with E-state index in [9.17, 15) is 4.39 Å². The number of rotatable bonds is 5. The summed E-state index contributed by atoms with van der Waals surface area (Å²) in [7, 11) is 0. The Labute approximate surface area is 49.0 Å². The largest absolute Gasteiger partial charge is 0.302 e. The van der Waals surface area contributed by atoms with E-state index >= 15 is 0 Å². The van der Waals surface area contributed by atoms with Crippen molar-refractivity contribution in [1.29, 1.82) is 0 Å². The Morgan fingerprint density at radius 3 is 2.88 bits per heavy atom. The van der Waals surface area contributed by atoms with E-state index < -0.39 is 0 Å². The van der Waals surface area contributed by atoms with Gasteiger partial charge in [-0.1, -0.05) is 6.92 Å². The molecule has 0 aliphatic rings. The maximum absolute atomic E-state index is 11.3. The molecule has 0 spiro atoms. The molecule has 3 heteroatoms. The SMILES string of the molecule is CCNOCCCF. The molecule has 1 N–H and O–H groups in total. The molecule has 0 rings (SSSR count). The lowest BCUT2D eigenvalue weighted by Crippen LogP contribution is -2.14. The molecule has 0 unspecified atom stereocenters. The second-order valence-corrected chi connectivity index (χ2v) is 1.39. The lowest BCUT2D eigenvalue weighted by Gasteiger charge is -1.98. The minimum absolute atomic E-state index is 0.300. The zero-order valence-electron chi connectivity index (χ0n) is 5.11. The van der Waals surface area contributed by atoms with Crippen molar-refractivity contribution in [2.75, 3.05) is 19.8 Å². The van der Waals surface area contributed by atoms with Gasteiger partial charge in [-0.05, 0) is 0 Å². The fourth-order valence-electron chi connectivity index (χ4n) is 0.301. The van der Waals surface area contributed by atoms with Gasteiger partial charge in [0.1, 0.15) is 0 Å². The Bertz CT molecular complexity index is 37.4. The quantitative estimate of drug-likeness (QED) is 0.431. The molecule has 0 atom stereocenters. The molecule has 0 aromatic rings. The molecule has 0 radical (unpaired) electrons. The fourth-order valence-corrected chi connectivity index (χ4v) is 0.301. The first kappa shape index (κ1) is 7.85. The number of nitrogens with one attached hydrogen (secondary N) is 1. The van der Waals surface area contributed by atoms with Gasteiger partial charge in [0, 0.05) is 13.0 Å². The second-order valence-electron chi connectivity index (χ2n) is 1.39. The molecule has 8 heavy (non-hydrogen) atoms. The third-order valence-electron chi connectivity index (χ3n) is 0.626. The van der Waals surface area contributed by atoms with Crippen LogP contribution in [0.2, 0.25) is 0 Å². The van der Waals surface area contributed by atoms with E-state index in [1.807, 2.05) is 6.92 Å². The van der Waals surface area contributed by atoms with Crippen LogP contribution < -0.4 is 5.48 Å². The predicted molar refractivity (Wildman–Crippen MR) is 30.2 cm³/mol. The summed E-state index contributed by atoms with van der Waals surface area (Å²) in [4.78, 5) is 4.73. The molecule has 0 aliphatic heterocycles. The maximum atomic E-state index is 11.3. The summed E-state index contributed by atoms with van der Waals surface area (Å²) in [5.74, 6) is 0. The Balaban J connectivity index is 2.53. The molecular formula is C5H12FNO. The van der Waals surface area contributed by atoms with Gasteiger partial charge in [-0.3, -0.25) is 4.39 Å². The summed E-state index contributed by atoms with van der Waals surface area (Å²) < 4.78 is 11.3. The van der Waals surface area contributed by atoms with Crippen molar-refractivity contribution in [1.82, 2.24) is 5.48 Å². The summed E-state index contributed by atoms with van der Waals surface area (Å²) in [5.41, 5.74) is 2.62. The molecule has 0 saturated heterocycles. The average Bonchev–Trinajstić information content (AvgIpc) is 1.81. The van der Waals surface area contributed by atoms with Gasteiger partial charge in [0.25, 0.3) is 0 Å². The molecule has 2 nitrogen and oxygen atoms in total. The number of halogens is 1. The Morgan fingerprint density at radius 1 is 1.62 bits per heavy atom. The zero-order valence-corrected chi connectivity index (χ0v) is 5.11. The highest BCUT2D eigenvalue weighted by Gasteiger charge is 1.82. The van der Waals surface area contributed by atoms with Crippen LogP contribution in [-0.4, -0.2) is 19.8 Å². The van der Waals surface area contributed by atoms with Gasteiger partial charge in [-0.25, -0.2) is 5.48 Å². The van der Waals surface area contributed by atoms with Crippen molar-refractivity contribution in [2.45, 2.75) is 13.3 Å². The Morgan fingerprint density at radius 2 is 2.38 bits per heavy atom. The van der Waals surface area contributed by atoms with E-state index in [0.29, 0.717) is 13.0 Å². The first-order valence-corrected chi connectivity index (χ1v) is 2.82. The van der Waals surface area contributed by atoms with Crippen LogP contribution in [0, 0.1) is 0 Å². The third kappa shape index (κ3) is 5.85. The van der Waals surface area contributed by atoms with Crippen LogP contribution in [0.25, 0.3) is 0 Å². The van der Waals surface area contributed by atoms with Gasteiger partial charge in [-0.15, -0.1) is 0 Å². The highest BCUT2D eigenvalue weighted by molar-refractivity contribution is 4.27. The topological polar surface area (TPSA) is 21.3 Å². The van der Waals surface area contributed by atoms with Crippen LogP contribution in [0.1, 0.15) is 13.3 Å². The van der Waals surface area contributed by atoms with Gasteiger partial charge in [0.05, 0.1) is 13.3 Å². The molecule has 0 aliphatic carbocycles. The minimum atomic E-state index is -0.300. The van der Waals surface area contributed by atoms with E-state index in [2.05, 4.69) is 5.48 Å². The first-order valence-electron chi connectivity index (χ1n) is 2.82. The molecule has 0 aromatic heterocycles. The van der Waals surface area contributed by atoms with E-state index in [-0.39, 0.29) is 6.67 Å². The maximum Gasteiger partial charge on any atom is 0.0917 e. The van der Waals surface area contributed by atoms with Crippen molar-refractivity contribution >= 4 is 0 Å². The van der Waals surface area contributed by atoms with Crippen LogP contribution >= 0.6 is 0 Å². The highest BCUT2D eigenvalue weighted by Crippen LogP contribution is 1.78. The summed E-state index contributed by atoms with van der Waals surface area (Å²) >= 11 is 0. The van der Waals surface area contributed by atoms with E-state index in [1.54, 1.807) is 0 Å². The average molecular weight is 121 g/mol. The van der Waals surface area contributed by atoms with Gasteiger partial charge in [-0.2, -0.15) is 0 Å². The fraction of sp³-hybridized carbons (Fsp3) is 1.00.